The zero-order valence-electron chi connectivity index (χ0n) is 19.0. The van der Waals surface area contributed by atoms with Crippen molar-refractivity contribution in [1.29, 1.82) is 5.26 Å². The van der Waals surface area contributed by atoms with Crippen molar-refractivity contribution >= 4 is 16.0 Å². The van der Waals surface area contributed by atoms with E-state index in [2.05, 4.69) is 19.8 Å². The molecule has 0 bridgehead atoms. The average Bonchev–Trinajstić information content (AvgIpc) is 2.83. The third-order valence-corrected chi connectivity index (χ3v) is 7.30. The van der Waals surface area contributed by atoms with E-state index in [1.165, 1.54) is 12.1 Å². The fourth-order valence-electron chi connectivity index (χ4n) is 4.13. The highest BCUT2D eigenvalue weighted by atomic mass is 32.2. The van der Waals surface area contributed by atoms with Crippen LogP contribution in [0.3, 0.4) is 0 Å². The Bertz CT molecular complexity index is 1170. The maximum absolute atomic E-state index is 13.1. The minimum atomic E-state index is -5.03. The molecule has 1 aliphatic rings. The molecule has 1 fully saturated rings. The van der Waals surface area contributed by atoms with Crippen LogP contribution in [-0.4, -0.2) is 51.8 Å². The summed E-state index contributed by atoms with van der Waals surface area (Å²) in [6.07, 6.45) is -2.19. The fraction of sp³-hybridized carbons (Fsp3) is 0.391. The molecule has 0 aromatic heterocycles. The van der Waals surface area contributed by atoms with E-state index >= 15 is 0 Å². The smallest absolute Gasteiger partial charge is 0.404 e. The molecular formula is C23H26F3N5O3S. The van der Waals surface area contributed by atoms with Crippen LogP contribution in [0.4, 0.5) is 13.2 Å². The SMILES string of the molecule is CCN/C(=N\C#N)N1CCC(CNS(=O)(=O)c2ccccc2OC(F)(F)F)(c2ccccc2)CC1. The molecule has 1 aliphatic heterocycles. The van der Waals surface area contributed by atoms with Gasteiger partial charge in [0.15, 0.2) is 0 Å². The van der Waals surface area contributed by atoms with Gasteiger partial charge in [0.2, 0.25) is 22.2 Å². The van der Waals surface area contributed by atoms with Gasteiger partial charge in [-0.25, -0.2) is 13.1 Å². The van der Waals surface area contributed by atoms with Crippen molar-refractivity contribution in [2.24, 2.45) is 4.99 Å². The number of guanidine groups is 1. The van der Waals surface area contributed by atoms with Gasteiger partial charge in [0.25, 0.3) is 0 Å². The molecule has 2 N–H and O–H groups in total. The summed E-state index contributed by atoms with van der Waals surface area (Å²) in [5, 5.41) is 12.0. The van der Waals surface area contributed by atoms with E-state index in [4.69, 9.17) is 5.26 Å². The predicted octanol–water partition coefficient (Wildman–Crippen LogP) is 3.34. The van der Waals surface area contributed by atoms with Crippen LogP contribution in [-0.2, 0) is 15.4 Å². The number of nitrogens with zero attached hydrogens (tertiary/aromatic N) is 3. The largest absolute Gasteiger partial charge is 0.573 e. The van der Waals surface area contributed by atoms with Gasteiger partial charge in [0.1, 0.15) is 10.6 Å². The Morgan fingerprint density at radius 3 is 2.37 bits per heavy atom. The quantitative estimate of drug-likeness (QED) is 0.337. The summed E-state index contributed by atoms with van der Waals surface area (Å²) >= 11 is 0. The zero-order chi connectivity index (χ0) is 25.5. The molecule has 2 aromatic rings. The number of nitriles is 1. The van der Waals surface area contributed by atoms with Gasteiger partial charge in [-0.2, -0.15) is 5.26 Å². The molecule has 1 heterocycles. The average molecular weight is 510 g/mol. The molecule has 12 heteroatoms. The maximum atomic E-state index is 13.1. The molecule has 0 saturated carbocycles. The Labute approximate surface area is 202 Å². The molecule has 3 rings (SSSR count). The van der Waals surface area contributed by atoms with Crippen molar-refractivity contribution in [2.45, 2.75) is 36.4 Å². The maximum Gasteiger partial charge on any atom is 0.573 e. The van der Waals surface area contributed by atoms with Gasteiger partial charge < -0.3 is 15.0 Å². The number of para-hydroxylation sites is 1. The van der Waals surface area contributed by atoms with E-state index in [0.29, 0.717) is 38.4 Å². The van der Waals surface area contributed by atoms with Gasteiger partial charge in [-0.3, -0.25) is 0 Å². The molecule has 1 saturated heterocycles. The number of piperidine rings is 1. The summed E-state index contributed by atoms with van der Waals surface area (Å²) in [5.74, 6) is -0.338. The molecule has 0 spiro atoms. The number of ether oxygens (including phenoxy) is 1. The first-order valence-corrected chi connectivity index (χ1v) is 12.4. The molecule has 8 nitrogen and oxygen atoms in total. The van der Waals surface area contributed by atoms with Crippen LogP contribution in [0.1, 0.15) is 25.3 Å². The minimum absolute atomic E-state index is 0.0283. The Balaban J connectivity index is 1.85. The number of halogens is 3. The highest BCUT2D eigenvalue weighted by Gasteiger charge is 2.39. The Morgan fingerprint density at radius 1 is 1.14 bits per heavy atom. The van der Waals surface area contributed by atoms with E-state index in [-0.39, 0.29) is 6.54 Å². The number of aliphatic imine (C=N–C) groups is 1. The Hall–Kier alpha value is -3.30. The van der Waals surface area contributed by atoms with Gasteiger partial charge in [-0.1, -0.05) is 42.5 Å². The summed E-state index contributed by atoms with van der Waals surface area (Å²) < 4.78 is 71.0. The van der Waals surface area contributed by atoms with Gasteiger partial charge in [0, 0.05) is 31.6 Å². The van der Waals surface area contributed by atoms with Crippen LogP contribution in [0.15, 0.2) is 64.5 Å². The van der Waals surface area contributed by atoms with E-state index < -0.39 is 32.4 Å². The summed E-state index contributed by atoms with van der Waals surface area (Å²) in [5.41, 5.74) is 0.290. The highest BCUT2D eigenvalue weighted by molar-refractivity contribution is 7.89. The van der Waals surface area contributed by atoms with Crippen molar-refractivity contribution in [3.63, 3.8) is 0 Å². The van der Waals surface area contributed by atoms with Crippen LogP contribution in [0, 0.1) is 11.5 Å². The molecule has 0 unspecified atom stereocenters. The lowest BCUT2D eigenvalue weighted by Crippen LogP contribution is -2.52. The van der Waals surface area contributed by atoms with E-state index in [9.17, 15) is 21.6 Å². The van der Waals surface area contributed by atoms with Gasteiger partial charge >= 0.3 is 6.36 Å². The topological polar surface area (TPSA) is 107 Å². The number of hydrogen-bond donors (Lipinski definition) is 2. The summed E-state index contributed by atoms with van der Waals surface area (Å²) in [6.45, 7) is 3.44. The van der Waals surface area contributed by atoms with Crippen LogP contribution in [0.5, 0.6) is 5.75 Å². The first kappa shape index (κ1) is 26.3. The monoisotopic (exact) mass is 509 g/mol. The number of hydrogen-bond acceptors (Lipinski definition) is 5. The third-order valence-electron chi connectivity index (χ3n) is 5.86. The molecule has 0 atom stereocenters. The second-order valence-corrected chi connectivity index (χ2v) is 9.75. The highest BCUT2D eigenvalue weighted by Crippen LogP contribution is 2.36. The molecule has 188 valence electrons. The minimum Gasteiger partial charge on any atom is -0.404 e. The predicted molar refractivity (Wildman–Crippen MR) is 124 cm³/mol. The van der Waals surface area contributed by atoms with Crippen LogP contribution < -0.4 is 14.8 Å². The molecule has 35 heavy (non-hydrogen) atoms. The lowest BCUT2D eigenvalue weighted by Gasteiger charge is -2.43. The molecule has 0 aliphatic carbocycles. The number of benzene rings is 2. The van der Waals surface area contributed by atoms with Crippen LogP contribution >= 0.6 is 0 Å². The second-order valence-electron chi connectivity index (χ2n) is 8.02. The van der Waals surface area contributed by atoms with Crippen molar-refractivity contribution in [3.05, 3.63) is 60.2 Å². The number of likely N-dealkylation sites (tertiary alicyclic amines) is 1. The molecule has 0 radical (unpaired) electrons. The Kier molecular flexibility index (Phi) is 8.24. The summed E-state index contributed by atoms with van der Waals surface area (Å²) in [6, 6.07) is 14.0. The number of nitrogens with one attached hydrogen (secondary N) is 2. The lowest BCUT2D eigenvalue weighted by atomic mass is 9.73. The number of rotatable bonds is 7. The van der Waals surface area contributed by atoms with Gasteiger partial charge in [-0.15, -0.1) is 18.2 Å². The van der Waals surface area contributed by atoms with Crippen molar-refractivity contribution in [3.8, 4) is 11.9 Å². The van der Waals surface area contributed by atoms with E-state index in [1.807, 2.05) is 42.2 Å². The summed E-state index contributed by atoms with van der Waals surface area (Å²) in [4.78, 5) is 5.18. The van der Waals surface area contributed by atoms with Crippen LogP contribution in [0.25, 0.3) is 0 Å². The van der Waals surface area contributed by atoms with Crippen molar-refractivity contribution in [2.75, 3.05) is 26.2 Å². The van der Waals surface area contributed by atoms with Gasteiger partial charge in [0.05, 0.1) is 0 Å². The summed E-state index contributed by atoms with van der Waals surface area (Å²) in [7, 11) is -4.32. The first-order valence-electron chi connectivity index (χ1n) is 11.0. The normalized spacial score (nSPS) is 16.4. The molecule has 0 amide bonds. The second kappa shape index (κ2) is 11.0. The van der Waals surface area contributed by atoms with E-state index in [1.54, 1.807) is 6.19 Å². The number of alkyl halides is 3. The van der Waals surface area contributed by atoms with Crippen molar-refractivity contribution < 1.29 is 26.3 Å². The first-order chi connectivity index (χ1) is 16.6. The van der Waals surface area contributed by atoms with Gasteiger partial charge in [-0.05, 0) is 37.5 Å². The molecular weight excluding hydrogens is 483 g/mol. The number of sulfonamides is 1. The lowest BCUT2D eigenvalue weighted by molar-refractivity contribution is -0.275. The fourth-order valence-corrected chi connectivity index (χ4v) is 5.38. The van der Waals surface area contributed by atoms with Crippen LogP contribution in [0.2, 0.25) is 0 Å². The third kappa shape index (κ3) is 6.64. The molecule has 2 aromatic carbocycles. The standard InChI is InChI=1S/C23H26F3N5O3S/c1-2-28-21(29-17-27)31-14-12-22(13-15-31,18-8-4-3-5-9-18)16-30-35(32,33)20-11-7-6-10-19(20)34-23(24,25)26/h3-11,30H,2,12-16H2,1H3,(H,28,29). The van der Waals surface area contributed by atoms with E-state index in [0.717, 1.165) is 17.7 Å². The Morgan fingerprint density at radius 2 is 1.77 bits per heavy atom. The van der Waals surface area contributed by atoms with Crippen molar-refractivity contribution in [1.82, 2.24) is 14.9 Å². The zero-order valence-corrected chi connectivity index (χ0v) is 19.9.